The maximum Gasteiger partial charge on any atom is 0.236 e. The molecule has 6 rings (SSSR count). The third-order valence-corrected chi connectivity index (χ3v) is 7.61. The van der Waals surface area contributed by atoms with Gasteiger partial charge in [0.25, 0.3) is 0 Å². The number of hydrogen-bond donors (Lipinski definition) is 2. The quantitative estimate of drug-likeness (QED) is 0.446. The fourth-order valence-corrected chi connectivity index (χ4v) is 5.70. The minimum Gasteiger partial charge on any atom is -0.493 e. The molecular weight excluding hydrogens is 514 g/mol. The summed E-state index contributed by atoms with van der Waals surface area (Å²) in [7, 11) is 1.60. The van der Waals surface area contributed by atoms with E-state index in [2.05, 4.69) is 10.6 Å². The van der Waals surface area contributed by atoms with E-state index in [1.54, 1.807) is 31.4 Å². The first kappa shape index (κ1) is 23.7. The van der Waals surface area contributed by atoms with E-state index in [1.807, 2.05) is 48.2 Å². The number of rotatable bonds is 5. The van der Waals surface area contributed by atoms with Crippen LogP contribution in [0.5, 0.6) is 23.0 Å². The van der Waals surface area contributed by atoms with Crippen LogP contribution in [-0.2, 0) is 11.3 Å². The predicted octanol–water partition coefficient (Wildman–Crippen LogP) is 4.87. The van der Waals surface area contributed by atoms with Crippen LogP contribution in [0.4, 0.5) is 5.69 Å². The Kier molecular flexibility index (Phi) is 5.77. The Balaban J connectivity index is 1.41. The largest absolute Gasteiger partial charge is 0.493 e. The molecule has 0 saturated carbocycles. The third-order valence-electron chi connectivity index (χ3n) is 7.02. The Hall–Kier alpha value is -3.69. The number of methoxy groups -OCH3 is 1. The van der Waals surface area contributed by atoms with Gasteiger partial charge in [0.2, 0.25) is 12.7 Å². The van der Waals surface area contributed by atoms with Crippen LogP contribution in [0, 0.1) is 5.92 Å². The Labute approximate surface area is 224 Å². The summed E-state index contributed by atoms with van der Waals surface area (Å²) in [6.07, 6.45) is 0. The minimum absolute atomic E-state index is 0.189. The zero-order chi connectivity index (χ0) is 25.7. The highest BCUT2D eigenvalue weighted by atomic mass is 35.5. The summed E-state index contributed by atoms with van der Waals surface area (Å²) < 4.78 is 23.3. The zero-order valence-corrected chi connectivity index (χ0v) is 21.7. The van der Waals surface area contributed by atoms with Crippen molar-refractivity contribution < 1.29 is 23.7 Å². The summed E-state index contributed by atoms with van der Waals surface area (Å²) in [5.74, 6) is 1.66. The SMILES string of the molecule is COc1cccc2c1O[C@@]1(C)[C@@H](C(=O)Nc3ccc(Cl)cc3)[C@@H]2NC(=S)N1Cc1ccc2c(c1)OCO2. The fraction of sp³-hybridized carbons (Fsp3) is 0.259. The molecule has 37 heavy (non-hydrogen) atoms. The molecule has 0 unspecified atom stereocenters. The lowest BCUT2D eigenvalue weighted by molar-refractivity contribution is -0.151. The highest BCUT2D eigenvalue weighted by Crippen LogP contribution is 2.52. The third kappa shape index (κ3) is 3.98. The van der Waals surface area contributed by atoms with Gasteiger partial charge in [-0.05, 0) is 67.2 Å². The predicted molar refractivity (Wildman–Crippen MR) is 142 cm³/mol. The molecule has 0 aliphatic carbocycles. The molecule has 10 heteroatoms. The van der Waals surface area contributed by atoms with Gasteiger partial charge in [-0.15, -0.1) is 0 Å². The van der Waals surface area contributed by atoms with E-state index < -0.39 is 17.7 Å². The molecular formula is C27H24ClN3O5S. The lowest BCUT2D eigenvalue weighted by Crippen LogP contribution is -2.71. The number of thiocarbonyl (C=S) groups is 1. The molecule has 3 aromatic carbocycles. The maximum atomic E-state index is 13.9. The standard InChI is InChI=1S/C27H24ClN3O5S/c1-27-22(25(32)29-17-9-7-16(28)8-10-17)23(18-4-3-5-20(33-2)24(18)36-27)30-26(37)31(27)13-15-6-11-19-21(12-15)35-14-34-19/h3-12,22-23H,13-14H2,1-2H3,(H,29,32)(H,30,37)/t22-,23-,27+/m1/s1. The highest BCUT2D eigenvalue weighted by molar-refractivity contribution is 7.80. The smallest absolute Gasteiger partial charge is 0.236 e. The number of anilines is 1. The van der Waals surface area contributed by atoms with Crippen LogP contribution in [0.15, 0.2) is 60.7 Å². The number of nitrogens with one attached hydrogen (secondary N) is 2. The van der Waals surface area contributed by atoms with Crippen molar-refractivity contribution >= 4 is 40.5 Å². The molecule has 3 atom stereocenters. The molecule has 2 N–H and O–H groups in total. The van der Waals surface area contributed by atoms with E-state index in [-0.39, 0.29) is 12.7 Å². The Morgan fingerprint density at radius 2 is 1.97 bits per heavy atom. The second-order valence-corrected chi connectivity index (χ2v) is 10.0. The lowest BCUT2D eigenvalue weighted by Gasteiger charge is -2.56. The van der Waals surface area contributed by atoms with Crippen molar-refractivity contribution in [1.82, 2.24) is 10.2 Å². The van der Waals surface area contributed by atoms with Gasteiger partial charge in [0.15, 0.2) is 33.8 Å². The van der Waals surface area contributed by atoms with Gasteiger partial charge in [-0.3, -0.25) is 4.79 Å². The summed E-state index contributed by atoms with van der Waals surface area (Å²) >= 11 is 11.9. The number of halogens is 1. The van der Waals surface area contributed by atoms with Crippen LogP contribution in [0.25, 0.3) is 0 Å². The van der Waals surface area contributed by atoms with Gasteiger partial charge in [-0.1, -0.05) is 29.8 Å². The molecule has 1 saturated heterocycles. The molecule has 3 aromatic rings. The Morgan fingerprint density at radius 1 is 1.19 bits per heavy atom. The van der Waals surface area contributed by atoms with E-state index in [4.69, 9.17) is 42.8 Å². The number of ether oxygens (including phenoxy) is 4. The highest BCUT2D eigenvalue weighted by Gasteiger charge is 2.59. The lowest BCUT2D eigenvalue weighted by atomic mass is 9.78. The van der Waals surface area contributed by atoms with E-state index in [0.29, 0.717) is 45.4 Å². The van der Waals surface area contributed by atoms with Crippen LogP contribution in [-0.4, -0.2) is 35.5 Å². The molecule has 0 aromatic heterocycles. The molecule has 8 nitrogen and oxygen atoms in total. The van der Waals surface area contributed by atoms with E-state index in [1.165, 1.54) is 0 Å². The number of carbonyl (C=O) groups is 1. The van der Waals surface area contributed by atoms with E-state index in [9.17, 15) is 4.79 Å². The van der Waals surface area contributed by atoms with Crippen LogP contribution >= 0.6 is 23.8 Å². The summed E-state index contributed by atoms with van der Waals surface area (Å²) in [4.78, 5) is 15.8. The second kappa shape index (κ2) is 9.00. The minimum atomic E-state index is -1.14. The summed E-state index contributed by atoms with van der Waals surface area (Å²) in [6, 6.07) is 17.9. The summed E-state index contributed by atoms with van der Waals surface area (Å²) in [6.45, 7) is 2.46. The van der Waals surface area contributed by atoms with Crippen molar-refractivity contribution in [3.8, 4) is 23.0 Å². The number of nitrogens with zero attached hydrogens (tertiary/aromatic N) is 1. The molecule has 190 valence electrons. The van der Waals surface area contributed by atoms with Crippen molar-refractivity contribution in [2.45, 2.75) is 25.2 Å². The van der Waals surface area contributed by atoms with Crippen molar-refractivity contribution in [1.29, 1.82) is 0 Å². The normalized spacial score (nSPS) is 23.0. The number of fused-ring (bicyclic) bond motifs is 5. The van der Waals surface area contributed by atoms with Gasteiger partial charge in [0, 0.05) is 22.8 Å². The number of amides is 1. The first-order valence-corrected chi connectivity index (χ1v) is 12.5. The van der Waals surface area contributed by atoms with E-state index >= 15 is 0 Å². The zero-order valence-electron chi connectivity index (χ0n) is 20.1. The number of para-hydroxylation sites is 1. The monoisotopic (exact) mass is 537 g/mol. The van der Waals surface area contributed by atoms with Gasteiger partial charge in [0.1, 0.15) is 5.92 Å². The molecule has 1 amide bonds. The molecule has 3 aliphatic heterocycles. The molecule has 1 fully saturated rings. The Bertz CT molecular complexity index is 1400. The number of benzene rings is 3. The molecule has 2 bridgehead atoms. The van der Waals surface area contributed by atoms with Gasteiger partial charge in [-0.25, -0.2) is 0 Å². The van der Waals surface area contributed by atoms with Crippen molar-refractivity contribution in [2.75, 3.05) is 19.2 Å². The Morgan fingerprint density at radius 3 is 2.76 bits per heavy atom. The van der Waals surface area contributed by atoms with Crippen molar-refractivity contribution in [3.63, 3.8) is 0 Å². The van der Waals surface area contributed by atoms with Crippen LogP contribution in [0.2, 0.25) is 5.02 Å². The van der Waals surface area contributed by atoms with Gasteiger partial charge in [0.05, 0.1) is 13.2 Å². The number of hydrogen-bond acceptors (Lipinski definition) is 6. The maximum absolute atomic E-state index is 13.9. The molecule has 0 radical (unpaired) electrons. The van der Waals surface area contributed by atoms with Gasteiger partial charge in [-0.2, -0.15) is 0 Å². The van der Waals surface area contributed by atoms with Crippen LogP contribution in [0.3, 0.4) is 0 Å². The fourth-order valence-electron chi connectivity index (χ4n) is 5.20. The average molecular weight is 538 g/mol. The molecule has 3 aliphatic rings. The second-order valence-electron chi connectivity index (χ2n) is 9.21. The van der Waals surface area contributed by atoms with Crippen molar-refractivity contribution in [2.24, 2.45) is 5.92 Å². The van der Waals surface area contributed by atoms with Crippen molar-refractivity contribution in [3.05, 3.63) is 76.8 Å². The van der Waals surface area contributed by atoms with Gasteiger partial charge < -0.3 is 34.5 Å². The summed E-state index contributed by atoms with van der Waals surface area (Å²) in [5, 5.41) is 7.51. The number of carbonyl (C=O) groups excluding carboxylic acids is 1. The summed E-state index contributed by atoms with van der Waals surface area (Å²) in [5.41, 5.74) is 1.23. The van der Waals surface area contributed by atoms with E-state index in [0.717, 1.165) is 11.1 Å². The van der Waals surface area contributed by atoms with Crippen LogP contribution < -0.4 is 29.6 Å². The van der Waals surface area contributed by atoms with Gasteiger partial charge >= 0.3 is 0 Å². The average Bonchev–Trinajstić information content (AvgIpc) is 3.35. The first-order valence-electron chi connectivity index (χ1n) is 11.8. The molecule has 0 spiro atoms. The first-order chi connectivity index (χ1) is 17.9. The molecule has 3 heterocycles. The van der Waals surface area contributed by atoms with Crippen LogP contribution in [0.1, 0.15) is 24.1 Å². The topological polar surface area (TPSA) is 81.3 Å².